The number of fused-ring (bicyclic) bond motifs is 1. The normalized spacial score (nSPS) is 12.8. The number of rotatable bonds is 5. The summed E-state index contributed by atoms with van der Waals surface area (Å²) in [5, 5.41) is 0.527. The first-order chi connectivity index (χ1) is 9.13. The molecule has 1 heterocycles. The van der Waals surface area contributed by atoms with Crippen molar-refractivity contribution in [1.82, 2.24) is 4.90 Å². The number of likely N-dealkylation sites (N-methyl/N-ethyl adjacent to an activating group) is 1. The maximum Gasteiger partial charge on any atom is 0.319 e. The van der Waals surface area contributed by atoms with E-state index >= 15 is 0 Å². The summed E-state index contributed by atoms with van der Waals surface area (Å²) in [4.78, 5) is 13.2. The van der Waals surface area contributed by atoms with E-state index in [1.54, 1.807) is 0 Å². The zero-order valence-corrected chi connectivity index (χ0v) is 11.7. The molecule has 0 saturated heterocycles. The third kappa shape index (κ3) is 3.30. The number of esters is 1. The van der Waals surface area contributed by atoms with Gasteiger partial charge in [0.05, 0.1) is 18.7 Å². The van der Waals surface area contributed by atoms with E-state index in [-0.39, 0.29) is 19.3 Å². The van der Waals surface area contributed by atoms with Crippen LogP contribution in [0.25, 0.3) is 0 Å². The van der Waals surface area contributed by atoms with Gasteiger partial charge in [-0.05, 0) is 24.2 Å². The Hall–Kier alpha value is -1.46. The van der Waals surface area contributed by atoms with Gasteiger partial charge in [-0.3, -0.25) is 9.69 Å². The zero-order valence-electron chi connectivity index (χ0n) is 10.9. The van der Waals surface area contributed by atoms with Gasteiger partial charge in [0.15, 0.2) is 11.5 Å². The van der Waals surface area contributed by atoms with Gasteiger partial charge in [-0.25, -0.2) is 0 Å². The summed E-state index contributed by atoms with van der Waals surface area (Å²) in [5.74, 6) is 0.978. The zero-order chi connectivity index (χ0) is 13.8. The van der Waals surface area contributed by atoms with E-state index in [0.717, 1.165) is 12.1 Å². The summed E-state index contributed by atoms with van der Waals surface area (Å²) in [5.41, 5.74) is 0.972. The van der Waals surface area contributed by atoms with Crippen molar-refractivity contribution < 1.29 is 19.0 Å². The van der Waals surface area contributed by atoms with Crippen molar-refractivity contribution in [2.45, 2.75) is 13.5 Å². The van der Waals surface area contributed by atoms with Crippen LogP contribution in [0.3, 0.4) is 0 Å². The molecule has 2 rings (SSSR count). The minimum absolute atomic E-state index is 0.193. The van der Waals surface area contributed by atoms with E-state index in [1.165, 1.54) is 7.11 Å². The van der Waals surface area contributed by atoms with Gasteiger partial charge in [-0.2, -0.15) is 0 Å². The molecule has 1 aliphatic heterocycles. The highest BCUT2D eigenvalue weighted by Crippen LogP contribution is 2.39. The number of hydrogen-bond donors (Lipinski definition) is 0. The van der Waals surface area contributed by atoms with Crippen molar-refractivity contribution in [2.24, 2.45) is 0 Å². The van der Waals surface area contributed by atoms with Gasteiger partial charge in [-0.15, -0.1) is 0 Å². The second-order valence-electron chi connectivity index (χ2n) is 4.19. The first-order valence-corrected chi connectivity index (χ1v) is 6.39. The van der Waals surface area contributed by atoms with Crippen LogP contribution < -0.4 is 9.47 Å². The molecule has 19 heavy (non-hydrogen) atoms. The lowest BCUT2D eigenvalue weighted by Gasteiger charge is -2.19. The molecule has 1 aromatic rings. The standard InChI is InChI=1S/C13H16ClNO4/c1-3-15(7-12(16)17-2)6-9-4-10(14)13-11(5-9)18-8-19-13/h4-5H,3,6-8H2,1-2H3. The van der Waals surface area contributed by atoms with Gasteiger partial charge in [0.2, 0.25) is 6.79 Å². The Bertz CT molecular complexity index is 478. The Kier molecular flexibility index (Phi) is 4.50. The van der Waals surface area contributed by atoms with E-state index in [4.69, 9.17) is 21.1 Å². The van der Waals surface area contributed by atoms with E-state index in [9.17, 15) is 4.79 Å². The molecule has 1 aromatic carbocycles. The second kappa shape index (κ2) is 6.12. The molecule has 104 valence electrons. The van der Waals surface area contributed by atoms with Crippen LogP contribution in [0.1, 0.15) is 12.5 Å². The largest absolute Gasteiger partial charge is 0.468 e. The number of benzene rings is 1. The predicted octanol–water partition coefficient (Wildman–Crippen LogP) is 2.06. The van der Waals surface area contributed by atoms with E-state index in [0.29, 0.717) is 23.1 Å². The lowest BCUT2D eigenvalue weighted by molar-refractivity contribution is -0.142. The molecular formula is C13H16ClNO4. The number of ether oxygens (including phenoxy) is 3. The summed E-state index contributed by atoms with van der Waals surface area (Å²) in [7, 11) is 1.38. The van der Waals surface area contributed by atoms with Crippen LogP contribution in [0.5, 0.6) is 11.5 Å². The van der Waals surface area contributed by atoms with Crippen LogP contribution in [-0.4, -0.2) is 37.9 Å². The molecule has 5 nitrogen and oxygen atoms in total. The van der Waals surface area contributed by atoms with Crippen LogP contribution in [0, 0.1) is 0 Å². The van der Waals surface area contributed by atoms with Crippen LogP contribution in [0.15, 0.2) is 12.1 Å². The first kappa shape index (κ1) is 14.0. The van der Waals surface area contributed by atoms with E-state index in [2.05, 4.69) is 4.74 Å². The van der Waals surface area contributed by atoms with Crippen molar-refractivity contribution in [3.8, 4) is 11.5 Å². The predicted molar refractivity (Wildman–Crippen MR) is 70.5 cm³/mol. The van der Waals surface area contributed by atoms with Crippen molar-refractivity contribution >= 4 is 17.6 Å². The van der Waals surface area contributed by atoms with Crippen LogP contribution >= 0.6 is 11.6 Å². The summed E-state index contributed by atoms with van der Waals surface area (Å²) in [6.45, 7) is 3.76. The van der Waals surface area contributed by atoms with E-state index < -0.39 is 0 Å². The Morgan fingerprint density at radius 3 is 2.95 bits per heavy atom. The minimum Gasteiger partial charge on any atom is -0.468 e. The summed E-state index contributed by atoms with van der Waals surface area (Å²) in [6.07, 6.45) is 0. The summed E-state index contributed by atoms with van der Waals surface area (Å²) >= 11 is 6.12. The number of halogens is 1. The van der Waals surface area contributed by atoms with Crippen molar-refractivity contribution in [1.29, 1.82) is 0 Å². The highest BCUT2D eigenvalue weighted by molar-refractivity contribution is 6.32. The van der Waals surface area contributed by atoms with Gasteiger partial charge >= 0.3 is 5.97 Å². The molecule has 1 aliphatic rings. The number of carbonyl (C=O) groups is 1. The molecular weight excluding hydrogens is 270 g/mol. The van der Waals surface area contributed by atoms with Crippen molar-refractivity contribution in [2.75, 3.05) is 27.0 Å². The second-order valence-corrected chi connectivity index (χ2v) is 4.60. The summed E-state index contributed by atoms with van der Waals surface area (Å²) in [6, 6.07) is 3.71. The lowest BCUT2D eigenvalue weighted by Crippen LogP contribution is -2.29. The highest BCUT2D eigenvalue weighted by atomic mass is 35.5. The topological polar surface area (TPSA) is 48.0 Å². The number of nitrogens with zero attached hydrogens (tertiary/aromatic N) is 1. The number of hydrogen-bond acceptors (Lipinski definition) is 5. The summed E-state index contributed by atoms with van der Waals surface area (Å²) < 4.78 is 15.2. The van der Waals surface area contributed by atoms with Gasteiger partial charge in [0.25, 0.3) is 0 Å². The van der Waals surface area contributed by atoms with Gasteiger partial charge in [0, 0.05) is 6.54 Å². The Morgan fingerprint density at radius 2 is 2.26 bits per heavy atom. The van der Waals surface area contributed by atoms with Crippen LogP contribution in [0.2, 0.25) is 5.02 Å². The molecule has 0 amide bonds. The first-order valence-electron chi connectivity index (χ1n) is 6.01. The lowest BCUT2D eigenvalue weighted by atomic mass is 10.2. The van der Waals surface area contributed by atoms with E-state index in [1.807, 2.05) is 24.0 Å². The third-order valence-corrected chi connectivity index (χ3v) is 3.20. The van der Waals surface area contributed by atoms with Crippen molar-refractivity contribution in [3.63, 3.8) is 0 Å². The monoisotopic (exact) mass is 285 g/mol. The van der Waals surface area contributed by atoms with Gasteiger partial charge < -0.3 is 14.2 Å². The molecule has 0 aliphatic carbocycles. The fraction of sp³-hybridized carbons (Fsp3) is 0.462. The maximum absolute atomic E-state index is 11.3. The molecule has 0 spiro atoms. The average molecular weight is 286 g/mol. The van der Waals surface area contributed by atoms with Gasteiger partial charge in [0.1, 0.15) is 0 Å². The fourth-order valence-electron chi connectivity index (χ4n) is 1.90. The maximum atomic E-state index is 11.3. The Labute approximate surface area is 117 Å². The molecule has 0 bridgehead atoms. The van der Waals surface area contributed by atoms with Crippen LogP contribution in [-0.2, 0) is 16.1 Å². The molecule has 0 aromatic heterocycles. The molecule has 0 atom stereocenters. The molecule has 0 unspecified atom stereocenters. The fourth-order valence-corrected chi connectivity index (χ4v) is 2.18. The minimum atomic E-state index is -0.256. The molecule has 6 heteroatoms. The molecule has 0 saturated carbocycles. The SMILES string of the molecule is CCN(CC(=O)OC)Cc1cc(Cl)c2c(c1)OCO2. The number of carbonyl (C=O) groups excluding carboxylic acids is 1. The smallest absolute Gasteiger partial charge is 0.319 e. The number of methoxy groups -OCH3 is 1. The van der Waals surface area contributed by atoms with Gasteiger partial charge in [-0.1, -0.05) is 18.5 Å². The molecule has 0 radical (unpaired) electrons. The Morgan fingerprint density at radius 1 is 1.47 bits per heavy atom. The molecule has 0 fully saturated rings. The average Bonchev–Trinajstić information content (AvgIpc) is 2.86. The van der Waals surface area contributed by atoms with Crippen molar-refractivity contribution in [3.05, 3.63) is 22.7 Å². The molecule has 0 N–H and O–H groups in total. The van der Waals surface area contributed by atoms with Crippen LogP contribution in [0.4, 0.5) is 0 Å². The Balaban J connectivity index is 2.09. The third-order valence-electron chi connectivity index (χ3n) is 2.92. The highest BCUT2D eigenvalue weighted by Gasteiger charge is 2.19. The quantitative estimate of drug-likeness (QED) is 0.775.